The van der Waals surface area contributed by atoms with Gasteiger partial charge >= 0.3 is 0 Å². The molecule has 0 heterocycles. The summed E-state index contributed by atoms with van der Waals surface area (Å²) in [6, 6.07) is 13.1. The molecule has 5 nitrogen and oxygen atoms in total. The number of halogens is 1. The number of aryl methyl sites for hydroxylation is 1. The van der Waals surface area contributed by atoms with Crippen molar-refractivity contribution >= 4 is 33.2 Å². The summed E-state index contributed by atoms with van der Waals surface area (Å²) in [5.41, 5.74) is 1.36. The first-order valence-electron chi connectivity index (χ1n) is 10.4. The summed E-state index contributed by atoms with van der Waals surface area (Å²) in [6.07, 6.45) is 4.26. The molecule has 0 fully saturated rings. The largest absolute Gasteiger partial charge is 0.354 e. The fraction of sp³-hybridized carbons (Fsp3) is 0.435. The van der Waals surface area contributed by atoms with Gasteiger partial charge in [-0.05, 0) is 55.7 Å². The second-order valence-corrected chi connectivity index (χ2v) is 9.82. The van der Waals surface area contributed by atoms with Crippen LogP contribution in [-0.2, 0) is 14.8 Å². The van der Waals surface area contributed by atoms with Gasteiger partial charge in [-0.15, -0.1) is 0 Å². The van der Waals surface area contributed by atoms with Crippen molar-refractivity contribution in [2.75, 3.05) is 17.4 Å². The maximum Gasteiger partial charge on any atom is 0.264 e. The quantitative estimate of drug-likeness (QED) is 0.513. The SMILES string of the molecule is CCCCC(CC)CNC(=O)CN(c1ccc(Cl)cc1)S(=O)(=O)c1ccc(C)cc1. The van der Waals surface area contributed by atoms with Gasteiger partial charge in [0.15, 0.2) is 0 Å². The number of amides is 1. The number of carbonyl (C=O) groups is 1. The number of nitrogens with zero attached hydrogens (tertiary/aromatic N) is 1. The number of nitrogens with one attached hydrogen (secondary N) is 1. The lowest BCUT2D eigenvalue weighted by Gasteiger charge is -2.25. The Morgan fingerprint density at radius 3 is 2.27 bits per heavy atom. The highest BCUT2D eigenvalue weighted by Gasteiger charge is 2.27. The molecule has 2 rings (SSSR count). The van der Waals surface area contributed by atoms with Gasteiger partial charge < -0.3 is 5.32 Å². The molecule has 0 aliphatic carbocycles. The van der Waals surface area contributed by atoms with Gasteiger partial charge in [-0.25, -0.2) is 8.42 Å². The van der Waals surface area contributed by atoms with Crippen molar-refractivity contribution in [1.29, 1.82) is 0 Å². The molecule has 2 aromatic rings. The number of sulfonamides is 1. The fourth-order valence-corrected chi connectivity index (χ4v) is 4.69. The van der Waals surface area contributed by atoms with Crippen LogP contribution in [0.25, 0.3) is 0 Å². The first-order chi connectivity index (χ1) is 14.3. The molecule has 0 saturated heterocycles. The number of carbonyl (C=O) groups excluding carboxylic acids is 1. The van der Waals surface area contributed by atoms with Crippen molar-refractivity contribution in [3.63, 3.8) is 0 Å². The first-order valence-corrected chi connectivity index (χ1v) is 12.2. The molecule has 2 aromatic carbocycles. The fourth-order valence-electron chi connectivity index (χ4n) is 3.15. The maximum atomic E-state index is 13.3. The lowest BCUT2D eigenvalue weighted by Crippen LogP contribution is -2.42. The van der Waals surface area contributed by atoms with Gasteiger partial charge in [0.1, 0.15) is 6.54 Å². The summed E-state index contributed by atoms with van der Waals surface area (Å²) in [5, 5.41) is 3.41. The standard InChI is InChI=1S/C23H31ClN2O3S/c1-4-6-7-19(5-2)16-25-23(27)17-26(21-12-10-20(24)11-13-21)30(28,29)22-14-8-18(3)9-15-22/h8-15,19H,4-7,16-17H2,1-3H3,(H,25,27). The lowest BCUT2D eigenvalue weighted by molar-refractivity contribution is -0.119. The van der Waals surface area contributed by atoms with Crippen LogP contribution in [0, 0.1) is 12.8 Å². The molecule has 0 radical (unpaired) electrons. The van der Waals surface area contributed by atoms with Crippen LogP contribution >= 0.6 is 11.6 Å². The molecule has 1 N–H and O–H groups in total. The average molecular weight is 451 g/mol. The summed E-state index contributed by atoms with van der Waals surface area (Å²) in [4.78, 5) is 12.8. The molecular formula is C23H31ClN2O3S. The highest BCUT2D eigenvalue weighted by molar-refractivity contribution is 7.92. The van der Waals surface area contributed by atoms with E-state index in [1.54, 1.807) is 48.5 Å². The molecule has 0 aromatic heterocycles. The zero-order valence-electron chi connectivity index (χ0n) is 17.9. The van der Waals surface area contributed by atoms with Gasteiger partial charge in [0.05, 0.1) is 10.6 Å². The number of unbranched alkanes of at least 4 members (excludes halogenated alkanes) is 1. The minimum Gasteiger partial charge on any atom is -0.354 e. The van der Waals surface area contributed by atoms with E-state index in [4.69, 9.17) is 11.6 Å². The number of hydrogen-bond acceptors (Lipinski definition) is 3. The molecular weight excluding hydrogens is 420 g/mol. The van der Waals surface area contributed by atoms with Crippen molar-refractivity contribution in [1.82, 2.24) is 5.32 Å². The highest BCUT2D eigenvalue weighted by Crippen LogP contribution is 2.25. The molecule has 0 aliphatic rings. The Morgan fingerprint density at radius 1 is 1.07 bits per heavy atom. The van der Waals surface area contributed by atoms with Crippen molar-refractivity contribution in [3.05, 3.63) is 59.1 Å². The molecule has 1 atom stereocenters. The van der Waals surface area contributed by atoms with Crippen LogP contribution in [-0.4, -0.2) is 27.4 Å². The number of benzene rings is 2. The third-order valence-electron chi connectivity index (χ3n) is 5.14. The van der Waals surface area contributed by atoms with E-state index in [1.807, 2.05) is 6.92 Å². The van der Waals surface area contributed by atoms with Crippen LogP contribution in [0.1, 0.15) is 45.1 Å². The van der Waals surface area contributed by atoms with Crippen LogP contribution < -0.4 is 9.62 Å². The Labute approximate surface area is 185 Å². The van der Waals surface area contributed by atoms with E-state index in [1.165, 1.54) is 0 Å². The van der Waals surface area contributed by atoms with Crippen molar-refractivity contribution < 1.29 is 13.2 Å². The summed E-state index contributed by atoms with van der Waals surface area (Å²) in [7, 11) is -3.91. The van der Waals surface area contributed by atoms with Gasteiger partial charge in [-0.3, -0.25) is 9.10 Å². The van der Waals surface area contributed by atoms with E-state index in [-0.39, 0.29) is 17.3 Å². The minimum absolute atomic E-state index is 0.144. The van der Waals surface area contributed by atoms with E-state index in [9.17, 15) is 13.2 Å². The Morgan fingerprint density at radius 2 is 1.70 bits per heavy atom. The monoisotopic (exact) mass is 450 g/mol. The van der Waals surface area contributed by atoms with E-state index < -0.39 is 10.0 Å². The van der Waals surface area contributed by atoms with Crippen molar-refractivity contribution in [2.45, 2.75) is 51.3 Å². The zero-order chi connectivity index (χ0) is 22.1. The van der Waals surface area contributed by atoms with Gasteiger partial charge in [0, 0.05) is 11.6 Å². The predicted molar refractivity (Wildman–Crippen MR) is 123 cm³/mol. The molecule has 30 heavy (non-hydrogen) atoms. The van der Waals surface area contributed by atoms with Crippen molar-refractivity contribution in [2.24, 2.45) is 5.92 Å². The van der Waals surface area contributed by atoms with E-state index >= 15 is 0 Å². The van der Waals surface area contributed by atoms with E-state index in [0.717, 1.165) is 35.6 Å². The summed E-state index contributed by atoms with van der Waals surface area (Å²) < 4.78 is 27.8. The van der Waals surface area contributed by atoms with E-state index in [2.05, 4.69) is 19.2 Å². The van der Waals surface area contributed by atoms with E-state index in [0.29, 0.717) is 23.2 Å². The molecule has 1 amide bonds. The molecule has 164 valence electrons. The molecule has 0 bridgehead atoms. The van der Waals surface area contributed by atoms with Crippen LogP contribution in [0.3, 0.4) is 0 Å². The summed E-state index contributed by atoms with van der Waals surface area (Å²) >= 11 is 5.97. The molecule has 0 aliphatic heterocycles. The smallest absolute Gasteiger partial charge is 0.264 e. The Bertz CT molecular complexity index is 912. The van der Waals surface area contributed by atoms with Gasteiger partial charge in [-0.1, -0.05) is 62.4 Å². The number of rotatable bonds is 11. The van der Waals surface area contributed by atoms with Crippen LogP contribution in [0.2, 0.25) is 5.02 Å². The Kier molecular flexibility index (Phi) is 9.18. The Hall–Kier alpha value is -2.05. The summed E-state index contributed by atoms with van der Waals surface area (Å²) in [5.74, 6) is 0.0715. The topological polar surface area (TPSA) is 66.5 Å². The molecule has 0 spiro atoms. The second-order valence-electron chi connectivity index (χ2n) is 7.52. The Balaban J connectivity index is 2.23. The van der Waals surface area contributed by atoms with Crippen LogP contribution in [0.4, 0.5) is 5.69 Å². The highest BCUT2D eigenvalue weighted by atomic mass is 35.5. The minimum atomic E-state index is -3.91. The van der Waals surface area contributed by atoms with Crippen LogP contribution in [0.5, 0.6) is 0 Å². The van der Waals surface area contributed by atoms with Crippen LogP contribution in [0.15, 0.2) is 53.4 Å². The number of hydrogen-bond donors (Lipinski definition) is 1. The third-order valence-corrected chi connectivity index (χ3v) is 7.18. The average Bonchev–Trinajstić information content (AvgIpc) is 2.73. The maximum absolute atomic E-state index is 13.3. The zero-order valence-corrected chi connectivity index (χ0v) is 19.5. The molecule has 1 unspecified atom stereocenters. The van der Waals surface area contributed by atoms with Gasteiger partial charge in [-0.2, -0.15) is 0 Å². The second kappa shape index (κ2) is 11.4. The van der Waals surface area contributed by atoms with Gasteiger partial charge in [0.25, 0.3) is 10.0 Å². The lowest BCUT2D eigenvalue weighted by atomic mass is 9.99. The van der Waals surface area contributed by atoms with Gasteiger partial charge in [0.2, 0.25) is 5.91 Å². The summed E-state index contributed by atoms with van der Waals surface area (Å²) in [6.45, 7) is 6.40. The van der Waals surface area contributed by atoms with Crippen molar-refractivity contribution in [3.8, 4) is 0 Å². The molecule has 0 saturated carbocycles. The first kappa shape index (κ1) is 24.2. The number of anilines is 1. The third kappa shape index (κ3) is 6.74. The predicted octanol–water partition coefficient (Wildman–Crippen LogP) is 5.18. The molecule has 7 heteroatoms. The normalized spacial score (nSPS) is 12.4.